The van der Waals surface area contributed by atoms with E-state index in [1.54, 1.807) is 6.20 Å². The highest BCUT2D eigenvalue weighted by Crippen LogP contribution is 2.20. The van der Waals surface area contributed by atoms with E-state index >= 15 is 0 Å². The van der Waals surface area contributed by atoms with E-state index in [-0.39, 0.29) is 5.56 Å². The van der Waals surface area contributed by atoms with Crippen LogP contribution in [0.1, 0.15) is 17.0 Å². The Hall–Kier alpha value is -2.79. The summed E-state index contributed by atoms with van der Waals surface area (Å²) in [6.07, 6.45) is 7.40. The lowest BCUT2D eigenvalue weighted by molar-refractivity contribution is 1.15. The van der Waals surface area contributed by atoms with Gasteiger partial charge in [0.1, 0.15) is 10.7 Å². The second-order valence-electron chi connectivity index (χ2n) is 5.37. The molecule has 112 valence electrons. The maximum Gasteiger partial charge on any atom is 0.260 e. The van der Waals surface area contributed by atoms with Gasteiger partial charge in [0.15, 0.2) is 0 Å². The first kappa shape index (κ1) is 13.8. The summed E-state index contributed by atoms with van der Waals surface area (Å²) < 4.78 is 0. The average molecular weight is 319 g/mol. The van der Waals surface area contributed by atoms with E-state index in [1.807, 2.05) is 48.9 Å². The molecule has 0 spiro atoms. The highest BCUT2D eigenvalue weighted by molar-refractivity contribution is 7.16. The molecule has 23 heavy (non-hydrogen) atoms. The largest absolute Gasteiger partial charge is 0.306 e. The van der Waals surface area contributed by atoms with Crippen molar-refractivity contribution in [1.29, 1.82) is 0 Å². The normalized spacial score (nSPS) is 11.7. The quantitative estimate of drug-likeness (QED) is 0.607. The van der Waals surface area contributed by atoms with Crippen molar-refractivity contribution in [1.82, 2.24) is 15.0 Å². The summed E-state index contributed by atoms with van der Waals surface area (Å²) in [7, 11) is 0. The second-order valence-corrected chi connectivity index (χ2v) is 6.22. The van der Waals surface area contributed by atoms with E-state index in [0.29, 0.717) is 11.2 Å². The first-order valence-electron chi connectivity index (χ1n) is 7.21. The summed E-state index contributed by atoms with van der Waals surface area (Å²) in [5.41, 5.74) is 1.93. The van der Waals surface area contributed by atoms with E-state index < -0.39 is 0 Å². The van der Waals surface area contributed by atoms with Crippen molar-refractivity contribution in [2.24, 2.45) is 0 Å². The maximum absolute atomic E-state index is 12.1. The zero-order valence-electron chi connectivity index (χ0n) is 12.4. The second kappa shape index (κ2) is 5.44. The van der Waals surface area contributed by atoms with Gasteiger partial charge in [0.2, 0.25) is 0 Å². The molecule has 0 aliphatic heterocycles. The third kappa shape index (κ3) is 2.55. The fourth-order valence-corrected chi connectivity index (χ4v) is 3.49. The lowest BCUT2D eigenvalue weighted by Gasteiger charge is -1.99. The van der Waals surface area contributed by atoms with Crippen LogP contribution in [0.5, 0.6) is 0 Å². The summed E-state index contributed by atoms with van der Waals surface area (Å²) in [4.78, 5) is 24.3. The van der Waals surface area contributed by atoms with Crippen LogP contribution in [-0.2, 0) is 0 Å². The number of hydrogen-bond acceptors (Lipinski definition) is 4. The van der Waals surface area contributed by atoms with Gasteiger partial charge in [-0.05, 0) is 47.0 Å². The minimum Gasteiger partial charge on any atom is -0.306 e. The summed E-state index contributed by atoms with van der Waals surface area (Å²) >= 11 is 1.49. The molecule has 0 aliphatic rings. The Bertz CT molecular complexity index is 1110. The van der Waals surface area contributed by atoms with Crippen LogP contribution < -0.4 is 5.56 Å². The third-order valence-electron chi connectivity index (χ3n) is 3.74. The molecule has 3 aromatic heterocycles. The van der Waals surface area contributed by atoms with Crippen molar-refractivity contribution in [3.63, 3.8) is 0 Å². The van der Waals surface area contributed by atoms with Crippen LogP contribution in [0, 0.1) is 6.92 Å². The van der Waals surface area contributed by atoms with Gasteiger partial charge in [0.05, 0.1) is 5.39 Å². The van der Waals surface area contributed by atoms with Gasteiger partial charge in [0, 0.05) is 17.8 Å². The number of nitrogens with zero attached hydrogens (tertiary/aromatic N) is 2. The molecule has 0 unspecified atom stereocenters. The highest BCUT2D eigenvalue weighted by atomic mass is 32.1. The van der Waals surface area contributed by atoms with E-state index in [4.69, 9.17) is 0 Å². The number of aromatic amines is 1. The first-order chi connectivity index (χ1) is 11.2. The minimum atomic E-state index is -0.0852. The Balaban J connectivity index is 1.73. The van der Waals surface area contributed by atoms with Crippen molar-refractivity contribution in [3.05, 3.63) is 69.3 Å². The molecule has 4 nitrogen and oxygen atoms in total. The molecule has 0 radical (unpaired) electrons. The van der Waals surface area contributed by atoms with Crippen LogP contribution in [0.25, 0.3) is 33.1 Å². The smallest absolute Gasteiger partial charge is 0.260 e. The molecule has 0 aliphatic carbocycles. The summed E-state index contributed by atoms with van der Waals surface area (Å²) in [6, 6.07) is 8.11. The summed E-state index contributed by atoms with van der Waals surface area (Å²) in [5, 5.41) is 4.88. The first-order valence-corrected chi connectivity index (χ1v) is 8.09. The topological polar surface area (TPSA) is 58.6 Å². The van der Waals surface area contributed by atoms with Crippen molar-refractivity contribution in [2.45, 2.75) is 6.92 Å². The van der Waals surface area contributed by atoms with Crippen molar-refractivity contribution < 1.29 is 0 Å². The molecule has 0 bridgehead atoms. The van der Waals surface area contributed by atoms with Gasteiger partial charge in [-0.3, -0.25) is 9.78 Å². The van der Waals surface area contributed by atoms with Crippen LogP contribution in [0.4, 0.5) is 0 Å². The van der Waals surface area contributed by atoms with E-state index in [0.717, 1.165) is 26.7 Å². The summed E-state index contributed by atoms with van der Waals surface area (Å²) in [5.74, 6) is 0.569. The zero-order chi connectivity index (χ0) is 15.8. The molecule has 0 atom stereocenters. The Labute approximate surface area is 136 Å². The zero-order valence-corrected chi connectivity index (χ0v) is 13.2. The van der Waals surface area contributed by atoms with E-state index in [2.05, 4.69) is 21.0 Å². The average Bonchev–Trinajstić information content (AvgIpc) is 2.94. The fourth-order valence-electron chi connectivity index (χ4n) is 2.56. The number of pyridine rings is 1. The van der Waals surface area contributed by atoms with Crippen LogP contribution in [0.2, 0.25) is 0 Å². The lowest BCUT2D eigenvalue weighted by atomic mass is 10.1. The predicted molar refractivity (Wildman–Crippen MR) is 95.6 cm³/mol. The molecule has 0 fully saturated rings. The third-order valence-corrected chi connectivity index (χ3v) is 4.73. The molecule has 0 saturated carbocycles. The molecule has 1 N–H and O–H groups in total. The SMILES string of the molecule is Cc1csc2nc(/C=C/c3ccc4cnccc4c3)[nH]c(=O)c12. The van der Waals surface area contributed by atoms with Crippen LogP contribution in [0.15, 0.2) is 46.8 Å². The van der Waals surface area contributed by atoms with E-state index in [9.17, 15) is 4.79 Å². The number of rotatable bonds is 2. The van der Waals surface area contributed by atoms with Gasteiger partial charge in [-0.1, -0.05) is 18.2 Å². The van der Waals surface area contributed by atoms with Crippen molar-refractivity contribution in [2.75, 3.05) is 0 Å². The molecule has 1 aromatic carbocycles. The number of nitrogens with one attached hydrogen (secondary N) is 1. The van der Waals surface area contributed by atoms with Gasteiger partial charge >= 0.3 is 0 Å². The fraction of sp³-hybridized carbons (Fsp3) is 0.0556. The van der Waals surface area contributed by atoms with Crippen LogP contribution in [-0.4, -0.2) is 15.0 Å². The predicted octanol–water partition coefficient (Wildman–Crippen LogP) is 4.01. The molecular weight excluding hydrogens is 306 g/mol. The standard InChI is InChI=1S/C18H13N3OS/c1-11-10-23-18-16(11)17(22)20-15(21-18)5-3-12-2-4-14-9-19-7-6-13(14)8-12/h2-10H,1H3,(H,20,21,22)/b5-3+. The van der Waals surface area contributed by atoms with Gasteiger partial charge in [-0.15, -0.1) is 11.3 Å². The number of thiophene rings is 1. The number of H-pyrrole nitrogens is 1. The highest BCUT2D eigenvalue weighted by Gasteiger charge is 2.06. The van der Waals surface area contributed by atoms with Crippen molar-refractivity contribution >= 4 is 44.5 Å². The van der Waals surface area contributed by atoms with E-state index in [1.165, 1.54) is 11.3 Å². The number of fused-ring (bicyclic) bond motifs is 2. The molecule has 0 amide bonds. The lowest BCUT2D eigenvalue weighted by Crippen LogP contribution is -2.08. The number of benzene rings is 1. The Morgan fingerprint density at radius 2 is 2.09 bits per heavy atom. The van der Waals surface area contributed by atoms with Crippen LogP contribution >= 0.6 is 11.3 Å². The minimum absolute atomic E-state index is 0.0852. The van der Waals surface area contributed by atoms with Gasteiger partial charge in [-0.2, -0.15) is 0 Å². The summed E-state index contributed by atoms with van der Waals surface area (Å²) in [6.45, 7) is 1.93. The number of hydrogen-bond donors (Lipinski definition) is 1. The number of aromatic nitrogens is 3. The maximum atomic E-state index is 12.1. The molecule has 3 heterocycles. The molecule has 4 aromatic rings. The number of aryl methyl sites for hydroxylation is 1. The molecular formula is C18H13N3OS. The monoisotopic (exact) mass is 319 g/mol. The van der Waals surface area contributed by atoms with Crippen LogP contribution in [0.3, 0.4) is 0 Å². The molecule has 5 heteroatoms. The Morgan fingerprint density at radius 3 is 3.00 bits per heavy atom. The van der Waals surface area contributed by atoms with Gasteiger partial charge in [-0.25, -0.2) is 4.98 Å². The van der Waals surface area contributed by atoms with Gasteiger partial charge in [0.25, 0.3) is 5.56 Å². The van der Waals surface area contributed by atoms with Gasteiger partial charge < -0.3 is 4.98 Å². The Kier molecular flexibility index (Phi) is 3.28. The Morgan fingerprint density at radius 1 is 1.17 bits per heavy atom. The van der Waals surface area contributed by atoms with Crippen molar-refractivity contribution in [3.8, 4) is 0 Å². The molecule has 4 rings (SSSR count). The molecule has 0 saturated heterocycles.